The first-order valence-corrected chi connectivity index (χ1v) is 7.80. The Balaban J connectivity index is 1.76. The van der Waals surface area contributed by atoms with E-state index in [1.165, 1.54) is 0 Å². The number of nitrogens with one attached hydrogen (secondary N) is 2. The second kappa shape index (κ2) is 4.34. The Hall–Kier alpha value is -1.89. The number of rotatable bonds is 2. The van der Waals surface area contributed by atoms with Crippen LogP contribution >= 0.6 is 0 Å². The van der Waals surface area contributed by atoms with E-state index >= 15 is 0 Å². The number of carbonyl (C=O) groups excluding carboxylic acids is 1. The van der Waals surface area contributed by atoms with Gasteiger partial charge >= 0.3 is 0 Å². The van der Waals surface area contributed by atoms with Crippen LogP contribution in [0.2, 0.25) is 0 Å². The third-order valence-corrected chi connectivity index (χ3v) is 5.04. The number of hydrogen-bond donors (Lipinski definition) is 2. The summed E-state index contributed by atoms with van der Waals surface area (Å²) in [5, 5.41) is 10.4. The van der Waals surface area contributed by atoms with E-state index in [0.29, 0.717) is 12.0 Å². The fourth-order valence-corrected chi connectivity index (χ4v) is 3.93. The number of amides is 1. The first-order chi connectivity index (χ1) is 9.03. The topological polar surface area (TPSA) is 91.9 Å². The van der Waals surface area contributed by atoms with Crippen LogP contribution in [0.3, 0.4) is 0 Å². The van der Waals surface area contributed by atoms with Gasteiger partial charge in [0.05, 0.1) is 23.2 Å². The summed E-state index contributed by atoms with van der Waals surface area (Å²) in [6.45, 7) is 0. The molecule has 0 saturated carbocycles. The van der Waals surface area contributed by atoms with Crippen molar-refractivity contribution in [2.24, 2.45) is 0 Å². The molecule has 1 amide bonds. The summed E-state index contributed by atoms with van der Waals surface area (Å²) in [4.78, 5) is 12.0. The molecule has 2 aromatic rings. The third-order valence-electron chi connectivity index (χ3n) is 3.27. The van der Waals surface area contributed by atoms with Crippen LogP contribution in [-0.2, 0) is 9.84 Å². The molecule has 1 aromatic heterocycles. The molecule has 2 N–H and O–H groups in total. The highest BCUT2D eigenvalue weighted by atomic mass is 32.2. The monoisotopic (exact) mass is 279 g/mol. The number of sulfone groups is 1. The van der Waals surface area contributed by atoms with Gasteiger partial charge in [-0.05, 0) is 18.6 Å². The van der Waals surface area contributed by atoms with Gasteiger partial charge in [-0.2, -0.15) is 5.10 Å². The normalized spacial score (nSPS) is 21.6. The Morgan fingerprint density at radius 3 is 3.00 bits per heavy atom. The molecule has 0 spiro atoms. The average Bonchev–Trinajstić information content (AvgIpc) is 2.94. The summed E-state index contributed by atoms with van der Waals surface area (Å²) in [5.74, 6) is -0.0682. The lowest BCUT2D eigenvalue weighted by atomic mass is 10.1. The molecule has 0 radical (unpaired) electrons. The van der Waals surface area contributed by atoms with E-state index in [1.807, 2.05) is 0 Å². The number of H-pyrrole nitrogens is 1. The van der Waals surface area contributed by atoms with Gasteiger partial charge in [0.1, 0.15) is 0 Å². The van der Waals surface area contributed by atoms with Crippen molar-refractivity contribution in [2.45, 2.75) is 12.5 Å². The van der Waals surface area contributed by atoms with Crippen LogP contribution < -0.4 is 5.32 Å². The van der Waals surface area contributed by atoms with Crippen molar-refractivity contribution < 1.29 is 13.2 Å². The molecule has 1 fully saturated rings. The molecule has 1 aliphatic rings. The number of benzene rings is 1. The fraction of sp³-hybridized carbons (Fsp3) is 0.333. The van der Waals surface area contributed by atoms with Gasteiger partial charge in [-0.3, -0.25) is 9.89 Å². The van der Waals surface area contributed by atoms with Gasteiger partial charge in [0, 0.05) is 17.0 Å². The van der Waals surface area contributed by atoms with E-state index in [9.17, 15) is 13.2 Å². The van der Waals surface area contributed by atoms with Crippen LogP contribution in [0.15, 0.2) is 24.4 Å². The maximum atomic E-state index is 12.0. The van der Waals surface area contributed by atoms with Gasteiger partial charge in [0.15, 0.2) is 9.84 Å². The Morgan fingerprint density at radius 1 is 1.42 bits per heavy atom. The number of aromatic amines is 1. The van der Waals surface area contributed by atoms with Crippen LogP contribution in [0.1, 0.15) is 16.8 Å². The standard InChI is InChI=1S/C12H13N3O3S/c16-12(14-10-3-4-19(17,18)7-10)8-1-2-9-6-13-15-11(9)5-8/h1-2,5-6,10H,3-4,7H2,(H,13,15)(H,14,16). The van der Waals surface area contributed by atoms with E-state index in [2.05, 4.69) is 15.5 Å². The zero-order valence-corrected chi connectivity index (χ0v) is 10.9. The molecule has 7 heteroatoms. The van der Waals surface area contributed by atoms with E-state index in [0.717, 1.165) is 10.9 Å². The van der Waals surface area contributed by atoms with Gasteiger partial charge in [0.25, 0.3) is 5.91 Å². The predicted octanol–water partition coefficient (Wildman–Crippen LogP) is 0.480. The van der Waals surface area contributed by atoms with Gasteiger partial charge < -0.3 is 5.32 Å². The van der Waals surface area contributed by atoms with E-state index < -0.39 is 9.84 Å². The molecular formula is C12H13N3O3S. The van der Waals surface area contributed by atoms with Crippen molar-refractivity contribution in [2.75, 3.05) is 11.5 Å². The van der Waals surface area contributed by atoms with Crippen LogP contribution in [0.25, 0.3) is 10.9 Å². The Labute approximate surface area is 110 Å². The Bertz CT molecular complexity index is 736. The summed E-state index contributed by atoms with van der Waals surface area (Å²) in [6, 6.07) is 4.94. The Morgan fingerprint density at radius 2 is 2.26 bits per heavy atom. The minimum atomic E-state index is -2.98. The highest BCUT2D eigenvalue weighted by Gasteiger charge is 2.29. The third kappa shape index (κ3) is 2.46. The van der Waals surface area contributed by atoms with Crippen molar-refractivity contribution in [1.29, 1.82) is 0 Å². The zero-order valence-electron chi connectivity index (χ0n) is 10.1. The molecule has 1 unspecified atom stereocenters. The lowest BCUT2D eigenvalue weighted by molar-refractivity contribution is 0.0941. The van der Waals surface area contributed by atoms with Crippen molar-refractivity contribution in [3.8, 4) is 0 Å². The predicted molar refractivity (Wildman–Crippen MR) is 70.6 cm³/mol. The molecule has 1 atom stereocenters. The van der Waals surface area contributed by atoms with Crippen molar-refractivity contribution >= 4 is 26.6 Å². The minimum absolute atomic E-state index is 0.0328. The first-order valence-electron chi connectivity index (χ1n) is 5.98. The highest BCUT2D eigenvalue weighted by molar-refractivity contribution is 7.91. The Kier molecular flexibility index (Phi) is 2.78. The SMILES string of the molecule is O=C(NC1CCS(=O)(=O)C1)c1ccc2cn[nH]c2c1. The first kappa shape index (κ1) is 12.2. The number of aromatic nitrogens is 2. The van der Waals surface area contributed by atoms with Gasteiger partial charge in [-0.15, -0.1) is 0 Å². The number of fused-ring (bicyclic) bond motifs is 1. The largest absolute Gasteiger partial charge is 0.348 e. The molecule has 0 aliphatic carbocycles. The van der Waals surface area contributed by atoms with Crippen LogP contribution in [0, 0.1) is 0 Å². The van der Waals surface area contributed by atoms with Crippen molar-refractivity contribution in [3.05, 3.63) is 30.0 Å². The van der Waals surface area contributed by atoms with E-state index in [1.54, 1.807) is 24.4 Å². The fourth-order valence-electron chi connectivity index (χ4n) is 2.26. The van der Waals surface area contributed by atoms with Crippen molar-refractivity contribution in [3.63, 3.8) is 0 Å². The summed E-state index contributed by atoms with van der Waals surface area (Å²) in [6.07, 6.45) is 2.17. The summed E-state index contributed by atoms with van der Waals surface area (Å²) in [7, 11) is -2.98. The van der Waals surface area contributed by atoms with E-state index in [-0.39, 0.29) is 23.5 Å². The molecule has 6 nitrogen and oxygen atoms in total. The average molecular weight is 279 g/mol. The van der Waals surface area contributed by atoms with E-state index in [4.69, 9.17) is 0 Å². The second-order valence-electron chi connectivity index (χ2n) is 4.75. The smallest absolute Gasteiger partial charge is 0.251 e. The number of nitrogens with zero attached hydrogens (tertiary/aromatic N) is 1. The second-order valence-corrected chi connectivity index (χ2v) is 6.97. The molecule has 3 rings (SSSR count). The quantitative estimate of drug-likeness (QED) is 0.836. The van der Waals surface area contributed by atoms with Crippen molar-refractivity contribution in [1.82, 2.24) is 15.5 Å². The van der Waals surface area contributed by atoms with Crippen LogP contribution in [-0.4, -0.2) is 42.1 Å². The number of carbonyl (C=O) groups is 1. The lowest BCUT2D eigenvalue weighted by Crippen LogP contribution is -2.35. The minimum Gasteiger partial charge on any atom is -0.348 e. The molecule has 2 heterocycles. The molecule has 0 bridgehead atoms. The summed E-state index contributed by atoms with van der Waals surface area (Å²) in [5.41, 5.74) is 1.28. The molecule has 1 saturated heterocycles. The molecule has 19 heavy (non-hydrogen) atoms. The number of hydrogen-bond acceptors (Lipinski definition) is 4. The lowest BCUT2D eigenvalue weighted by Gasteiger charge is -2.10. The summed E-state index contributed by atoms with van der Waals surface area (Å²) >= 11 is 0. The molecule has 100 valence electrons. The van der Waals surface area contributed by atoms with Gasteiger partial charge in [0.2, 0.25) is 0 Å². The zero-order chi connectivity index (χ0) is 13.5. The molecule has 1 aromatic carbocycles. The maximum Gasteiger partial charge on any atom is 0.251 e. The summed E-state index contributed by atoms with van der Waals surface area (Å²) < 4.78 is 22.7. The van der Waals surface area contributed by atoms with Gasteiger partial charge in [-0.1, -0.05) is 6.07 Å². The van der Waals surface area contributed by atoms with Crippen LogP contribution in [0.5, 0.6) is 0 Å². The maximum absolute atomic E-state index is 12.0. The molecular weight excluding hydrogens is 266 g/mol. The highest BCUT2D eigenvalue weighted by Crippen LogP contribution is 2.15. The van der Waals surface area contributed by atoms with Crippen LogP contribution in [0.4, 0.5) is 0 Å². The molecule has 1 aliphatic heterocycles. The van der Waals surface area contributed by atoms with Gasteiger partial charge in [-0.25, -0.2) is 8.42 Å².